The van der Waals surface area contributed by atoms with Crippen LogP contribution >= 0.6 is 22.9 Å². The minimum Gasteiger partial charge on any atom is -0.315 e. The van der Waals surface area contributed by atoms with Gasteiger partial charge in [0.2, 0.25) is 10.0 Å². The van der Waals surface area contributed by atoms with Gasteiger partial charge in [0, 0.05) is 23.0 Å². The molecule has 1 aromatic heterocycles. The lowest BCUT2D eigenvalue weighted by molar-refractivity contribution is 0.583. The van der Waals surface area contributed by atoms with Crippen molar-refractivity contribution in [2.75, 3.05) is 7.05 Å². The Morgan fingerprint density at radius 2 is 2.00 bits per heavy atom. The molecular formula is C14H17ClN2O2S2. The van der Waals surface area contributed by atoms with E-state index in [0.717, 1.165) is 16.0 Å². The van der Waals surface area contributed by atoms with Crippen LogP contribution in [0.15, 0.2) is 34.5 Å². The number of hydrogen-bond donors (Lipinski definition) is 2. The smallest absolute Gasteiger partial charge is 0.250 e. The first-order valence-electron chi connectivity index (χ1n) is 6.40. The molecule has 2 rings (SSSR count). The van der Waals surface area contributed by atoms with Gasteiger partial charge >= 0.3 is 0 Å². The standard InChI is InChI=1S/C14H17ClN2O2S2/c1-10-6-14(20-13(10)9-16-2)21(18,19)17-8-11-4-3-5-12(15)7-11/h3-7,16-17H,8-9H2,1-2H3. The van der Waals surface area contributed by atoms with Crippen molar-refractivity contribution in [2.24, 2.45) is 0 Å². The van der Waals surface area contributed by atoms with Crippen molar-refractivity contribution in [2.45, 2.75) is 24.2 Å². The van der Waals surface area contributed by atoms with Crippen LogP contribution < -0.4 is 10.0 Å². The van der Waals surface area contributed by atoms with Gasteiger partial charge in [-0.05, 0) is 43.3 Å². The zero-order valence-corrected chi connectivity index (χ0v) is 14.2. The van der Waals surface area contributed by atoms with E-state index in [-0.39, 0.29) is 6.54 Å². The fourth-order valence-electron chi connectivity index (χ4n) is 1.85. The highest BCUT2D eigenvalue weighted by Crippen LogP contribution is 2.26. The second-order valence-corrected chi connectivity index (χ2v) is 8.22. The maximum Gasteiger partial charge on any atom is 0.250 e. The average Bonchev–Trinajstić information content (AvgIpc) is 2.80. The summed E-state index contributed by atoms with van der Waals surface area (Å²) in [4.78, 5) is 1.03. The Labute approximate surface area is 134 Å². The lowest BCUT2D eigenvalue weighted by atomic mass is 10.2. The first-order valence-corrected chi connectivity index (χ1v) is 9.08. The number of sulfonamides is 1. The first-order chi connectivity index (χ1) is 9.92. The predicted molar refractivity (Wildman–Crippen MR) is 87.3 cm³/mol. The van der Waals surface area contributed by atoms with E-state index in [1.54, 1.807) is 24.3 Å². The molecule has 0 bridgehead atoms. The topological polar surface area (TPSA) is 58.2 Å². The van der Waals surface area contributed by atoms with Gasteiger partial charge < -0.3 is 5.32 Å². The number of rotatable bonds is 6. The van der Waals surface area contributed by atoms with E-state index in [4.69, 9.17) is 11.6 Å². The Morgan fingerprint density at radius 3 is 2.67 bits per heavy atom. The SMILES string of the molecule is CNCc1sc(S(=O)(=O)NCc2cccc(Cl)c2)cc1C. The highest BCUT2D eigenvalue weighted by molar-refractivity contribution is 7.91. The van der Waals surface area contributed by atoms with Gasteiger partial charge in [0.15, 0.2) is 0 Å². The molecule has 0 aliphatic rings. The molecule has 2 N–H and O–H groups in total. The van der Waals surface area contributed by atoms with Crippen molar-refractivity contribution in [1.29, 1.82) is 0 Å². The van der Waals surface area contributed by atoms with Crippen LogP contribution in [-0.2, 0) is 23.1 Å². The molecule has 2 aromatic rings. The maximum absolute atomic E-state index is 12.3. The van der Waals surface area contributed by atoms with Gasteiger partial charge in [-0.2, -0.15) is 0 Å². The van der Waals surface area contributed by atoms with E-state index in [2.05, 4.69) is 10.0 Å². The minimum atomic E-state index is -3.49. The van der Waals surface area contributed by atoms with Crippen LogP contribution in [0.1, 0.15) is 16.0 Å². The molecule has 114 valence electrons. The Bertz CT molecular complexity index is 726. The molecule has 7 heteroatoms. The second kappa shape index (κ2) is 6.89. The molecule has 21 heavy (non-hydrogen) atoms. The Morgan fingerprint density at radius 1 is 1.24 bits per heavy atom. The van der Waals surface area contributed by atoms with E-state index >= 15 is 0 Å². The lowest BCUT2D eigenvalue weighted by Gasteiger charge is -2.05. The van der Waals surface area contributed by atoms with Crippen LogP contribution in [0.5, 0.6) is 0 Å². The molecule has 0 aliphatic carbocycles. The van der Waals surface area contributed by atoms with Crippen LogP contribution in [0, 0.1) is 6.92 Å². The minimum absolute atomic E-state index is 0.223. The van der Waals surface area contributed by atoms with Crippen molar-refractivity contribution >= 4 is 33.0 Å². The Balaban J connectivity index is 2.13. The Kier molecular flexibility index (Phi) is 5.40. The summed E-state index contributed by atoms with van der Waals surface area (Å²) in [6.07, 6.45) is 0. The van der Waals surface area contributed by atoms with Crippen molar-refractivity contribution in [3.63, 3.8) is 0 Å². The lowest BCUT2D eigenvalue weighted by Crippen LogP contribution is -2.22. The number of benzene rings is 1. The highest BCUT2D eigenvalue weighted by Gasteiger charge is 2.18. The number of aryl methyl sites for hydroxylation is 1. The summed E-state index contributed by atoms with van der Waals surface area (Å²) in [5, 5.41) is 3.63. The molecule has 1 aromatic carbocycles. The molecule has 1 heterocycles. The summed E-state index contributed by atoms with van der Waals surface area (Å²) >= 11 is 7.18. The molecule has 0 saturated carbocycles. The molecule has 0 unspecified atom stereocenters. The van der Waals surface area contributed by atoms with Gasteiger partial charge in [0.05, 0.1) is 0 Å². The van der Waals surface area contributed by atoms with Crippen LogP contribution in [0.4, 0.5) is 0 Å². The quantitative estimate of drug-likeness (QED) is 0.847. The van der Waals surface area contributed by atoms with E-state index in [9.17, 15) is 8.42 Å². The monoisotopic (exact) mass is 344 g/mol. The first kappa shape index (κ1) is 16.5. The third-order valence-electron chi connectivity index (χ3n) is 2.96. The summed E-state index contributed by atoms with van der Waals surface area (Å²) in [6.45, 7) is 2.81. The molecule has 4 nitrogen and oxygen atoms in total. The van der Waals surface area contributed by atoms with Crippen molar-refractivity contribution in [3.05, 3.63) is 51.4 Å². The molecule has 0 aliphatic heterocycles. The molecule has 0 radical (unpaired) electrons. The van der Waals surface area contributed by atoms with Crippen molar-refractivity contribution < 1.29 is 8.42 Å². The zero-order valence-electron chi connectivity index (χ0n) is 11.8. The van der Waals surface area contributed by atoms with Crippen LogP contribution in [0.25, 0.3) is 0 Å². The molecule has 0 spiro atoms. The summed E-state index contributed by atoms with van der Waals surface area (Å²) in [5.74, 6) is 0. The van der Waals surface area contributed by atoms with Crippen molar-refractivity contribution in [1.82, 2.24) is 10.0 Å². The number of halogens is 1. The fraction of sp³-hybridized carbons (Fsp3) is 0.286. The largest absolute Gasteiger partial charge is 0.315 e. The van der Waals surface area contributed by atoms with Crippen LogP contribution in [-0.4, -0.2) is 15.5 Å². The van der Waals surface area contributed by atoms with Gasteiger partial charge in [-0.1, -0.05) is 23.7 Å². The molecule has 0 amide bonds. The molecule has 0 saturated heterocycles. The summed E-state index contributed by atoms with van der Waals surface area (Å²) in [6, 6.07) is 8.84. The highest BCUT2D eigenvalue weighted by atomic mass is 35.5. The number of nitrogens with one attached hydrogen (secondary N) is 2. The van der Waals surface area contributed by atoms with Crippen LogP contribution in [0.2, 0.25) is 5.02 Å². The third-order valence-corrected chi connectivity index (χ3v) is 6.30. The fourth-order valence-corrected chi connectivity index (χ4v) is 4.73. The molecular weight excluding hydrogens is 328 g/mol. The van der Waals surface area contributed by atoms with Gasteiger partial charge in [-0.3, -0.25) is 0 Å². The number of hydrogen-bond acceptors (Lipinski definition) is 4. The predicted octanol–water partition coefficient (Wildman–Crippen LogP) is 2.91. The van der Waals surface area contributed by atoms with E-state index in [1.165, 1.54) is 11.3 Å². The normalized spacial score (nSPS) is 11.8. The maximum atomic E-state index is 12.3. The Hall–Kier alpha value is -0.920. The summed E-state index contributed by atoms with van der Waals surface area (Å²) < 4.78 is 27.6. The van der Waals surface area contributed by atoms with Gasteiger partial charge in [0.25, 0.3) is 0 Å². The third kappa shape index (κ3) is 4.28. The van der Waals surface area contributed by atoms with E-state index in [0.29, 0.717) is 15.8 Å². The van der Waals surface area contributed by atoms with Gasteiger partial charge in [-0.25, -0.2) is 13.1 Å². The second-order valence-electron chi connectivity index (χ2n) is 4.66. The van der Waals surface area contributed by atoms with E-state index < -0.39 is 10.0 Å². The summed E-state index contributed by atoms with van der Waals surface area (Å²) in [5.41, 5.74) is 1.81. The number of thiophene rings is 1. The van der Waals surface area contributed by atoms with Crippen LogP contribution in [0.3, 0.4) is 0 Å². The zero-order chi connectivity index (χ0) is 15.5. The van der Waals surface area contributed by atoms with E-state index in [1.807, 2.05) is 20.0 Å². The van der Waals surface area contributed by atoms with Gasteiger partial charge in [0.1, 0.15) is 4.21 Å². The average molecular weight is 345 g/mol. The summed E-state index contributed by atoms with van der Waals surface area (Å²) in [7, 11) is -1.66. The van der Waals surface area contributed by atoms with Crippen molar-refractivity contribution in [3.8, 4) is 0 Å². The molecule has 0 fully saturated rings. The van der Waals surface area contributed by atoms with Gasteiger partial charge in [-0.15, -0.1) is 11.3 Å². The molecule has 0 atom stereocenters.